The predicted molar refractivity (Wildman–Crippen MR) is 66.8 cm³/mol. The van der Waals surface area contributed by atoms with Crippen LogP contribution in [0.25, 0.3) is 0 Å². The first-order valence-corrected chi connectivity index (χ1v) is 6.05. The molecule has 1 N–H and O–H groups in total. The van der Waals surface area contributed by atoms with Crippen molar-refractivity contribution in [3.63, 3.8) is 0 Å². The highest BCUT2D eigenvalue weighted by molar-refractivity contribution is 7.99. The molecule has 0 aliphatic carbocycles. The van der Waals surface area contributed by atoms with Crippen LogP contribution in [0.5, 0.6) is 0 Å². The molecule has 0 saturated heterocycles. The van der Waals surface area contributed by atoms with Crippen molar-refractivity contribution >= 4 is 17.6 Å². The number of rotatable bonds is 3. The van der Waals surface area contributed by atoms with Gasteiger partial charge in [0.1, 0.15) is 28.8 Å². The molecule has 0 unspecified atom stereocenters. The average molecular weight is 267 g/mol. The molecular weight excluding hydrogens is 256 g/mol. The first-order chi connectivity index (χ1) is 8.61. The molecular formula is C12H11F2N3S. The summed E-state index contributed by atoms with van der Waals surface area (Å²) < 4.78 is 26.3. The van der Waals surface area contributed by atoms with E-state index in [1.54, 1.807) is 7.05 Å². The fourth-order valence-electron chi connectivity index (χ4n) is 1.45. The summed E-state index contributed by atoms with van der Waals surface area (Å²) in [7, 11) is 1.75. The highest BCUT2D eigenvalue weighted by Crippen LogP contribution is 2.32. The fourth-order valence-corrected chi connectivity index (χ4v) is 2.30. The molecule has 1 aromatic heterocycles. The van der Waals surface area contributed by atoms with Gasteiger partial charge in [-0.1, -0.05) is 11.8 Å². The van der Waals surface area contributed by atoms with E-state index in [-0.39, 0.29) is 0 Å². The van der Waals surface area contributed by atoms with Gasteiger partial charge < -0.3 is 5.32 Å². The van der Waals surface area contributed by atoms with Gasteiger partial charge in [0.2, 0.25) is 0 Å². The normalized spacial score (nSPS) is 10.4. The van der Waals surface area contributed by atoms with Gasteiger partial charge in [0.15, 0.2) is 0 Å². The van der Waals surface area contributed by atoms with Crippen molar-refractivity contribution in [3.8, 4) is 0 Å². The zero-order chi connectivity index (χ0) is 13.1. The Balaban J connectivity index is 2.34. The first kappa shape index (κ1) is 12.8. The van der Waals surface area contributed by atoms with Gasteiger partial charge in [-0.2, -0.15) is 0 Å². The number of benzene rings is 1. The predicted octanol–water partition coefficient (Wildman–Crippen LogP) is 3.26. The largest absolute Gasteiger partial charge is 0.373 e. The van der Waals surface area contributed by atoms with Crippen LogP contribution < -0.4 is 5.32 Å². The lowest BCUT2D eigenvalue weighted by molar-refractivity contribution is 0.565. The summed E-state index contributed by atoms with van der Waals surface area (Å²) in [6.07, 6.45) is 1.41. The number of hydrogen-bond donors (Lipinski definition) is 1. The molecule has 18 heavy (non-hydrogen) atoms. The number of aromatic nitrogens is 2. The Kier molecular flexibility index (Phi) is 3.76. The maximum Gasteiger partial charge on any atom is 0.140 e. The van der Waals surface area contributed by atoms with Crippen LogP contribution in [0, 0.1) is 18.6 Å². The Morgan fingerprint density at radius 3 is 2.67 bits per heavy atom. The molecule has 0 fully saturated rings. The molecule has 2 aromatic rings. The van der Waals surface area contributed by atoms with Crippen molar-refractivity contribution in [2.45, 2.75) is 16.8 Å². The number of nitrogens with zero attached hydrogens (tertiary/aromatic N) is 2. The van der Waals surface area contributed by atoms with Crippen LogP contribution in [0.3, 0.4) is 0 Å². The van der Waals surface area contributed by atoms with E-state index in [1.807, 2.05) is 6.92 Å². The van der Waals surface area contributed by atoms with Crippen molar-refractivity contribution in [3.05, 3.63) is 41.7 Å². The highest BCUT2D eigenvalue weighted by atomic mass is 32.2. The molecule has 0 bridgehead atoms. The second-order valence-electron chi connectivity index (χ2n) is 3.58. The summed E-state index contributed by atoms with van der Waals surface area (Å²) in [4.78, 5) is 8.48. The van der Waals surface area contributed by atoms with Gasteiger partial charge in [0.25, 0.3) is 0 Å². The minimum Gasteiger partial charge on any atom is -0.373 e. The molecule has 0 radical (unpaired) electrons. The van der Waals surface area contributed by atoms with Gasteiger partial charge in [-0.05, 0) is 19.1 Å². The Morgan fingerprint density at radius 1 is 1.22 bits per heavy atom. The zero-order valence-electron chi connectivity index (χ0n) is 9.87. The molecule has 0 aliphatic rings. The Morgan fingerprint density at radius 2 is 2.00 bits per heavy atom. The molecule has 0 aliphatic heterocycles. The van der Waals surface area contributed by atoms with E-state index in [4.69, 9.17) is 0 Å². The Hall–Kier alpha value is -1.69. The molecule has 0 amide bonds. The highest BCUT2D eigenvalue weighted by Gasteiger charge is 2.11. The minimum absolute atomic E-state index is 0.334. The van der Waals surface area contributed by atoms with Crippen molar-refractivity contribution in [2.24, 2.45) is 0 Å². The van der Waals surface area contributed by atoms with Crippen molar-refractivity contribution in [1.29, 1.82) is 0 Å². The molecule has 6 heteroatoms. The quantitative estimate of drug-likeness (QED) is 0.866. The summed E-state index contributed by atoms with van der Waals surface area (Å²) >= 11 is 1.15. The molecule has 0 atom stereocenters. The molecule has 3 nitrogen and oxygen atoms in total. The molecule has 0 saturated carbocycles. The monoisotopic (exact) mass is 267 g/mol. The minimum atomic E-state index is -0.594. The van der Waals surface area contributed by atoms with Gasteiger partial charge in [-0.25, -0.2) is 18.7 Å². The van der Waals surface area contributed by atoms with Gasteiger partial charge in [0.05, 0.1) is 0 Å². The standard InChI is InChI=1S/C12H11F2N3S/c1-7-11(15-2)16-6-17-12(7)18-10-4-3-8(13)5-9(10)14/h3-6H,1-2H3,(H,15,16,17). The molecule has 1 aromatic carbocycles. The maximum absolute atomic E-state index is 13.5. The third kappa shape index (κ3) is 2.59. The Bertz CT molecular complexity index is 575. The van der Waals surface area contributed by atoms with Crippen LogP contribution in [-0.4, -0.2) is 17.0 Å². The number of anilines is 1. The maximum atomic E-state index is 13.5. The van der Waals surface area contributed by atoms with E-state index >= 15 is 0 Å². The topological polar surface area (TPSA) is 37.8 Å². The van der Waals surface area contributed by atoms with Gasteiger partial charge >= 0.3 is 0 Å². The van der Waals surface area contributed by atoms with E-state index in [0.29, 0.717) is 15.7 Å². The second kappa shape index (κ2) is 5.30. The van der Waals surface area contributed by atoms with E-state index in [2.05, 4.69) is 15.3 Å². The van der Waals surface area contributed by atoms with Crippen LogP contribution in [0.1, 0.15) is 5.56 Å². The first-order valence-electron chi connectivity index (χ1n) is 5.24. The lowest BCUT2D eigenvalue weighted by Crippen LogP contribution is -1.98. The van der Waals surface area contributed by atoms with E-state index < -0.39 is 11.6 Å². The average Bonchev–Trinajstić information content (AvgIpc) is 2.35. The molecule has 0 spiro atoms. The van der Waals surface area contributed by atoms with Crippen molar-refractivity contribution in [2.75, 3.05) is 12.4 Å². The summed E-state index contributed by atoms with van der Waals surface area (Å²) in [5.74, 6) is -0.494. The lowest BCUT2D eigenvalue weighted by Gasteiger charge is -2.08. The van der Waals surface area contributed by atoms with Gasteiger partial charge in [0, 0.05) is 23.6 Å². The smallest absolute Gasteiger partial charge is 0.140 e. The van der Waals surface area contributed by atoms with Crippen molar-refractivity contribution < 1.29 is 8.78 Å². The van der Waals surface area contributed by atoms with Crippen LogP contribution in [0.15, 0.2) is 34.4 Å². The van der Waals surface area contributed by atoms with Crippen LogP contribution in [0.4, 0.5) is 14.6 Å². The zero-order valence-corrected chi connectivity index (χ0v) is 10.7. The SMILES string of the molecule is CNc1ncnc(Sc2ccc(F)cc2F)c1C. The third-order valence-electron chi connectivity index (χ3n) is 2.38. The lowest BCUT2D eigenvalue weighted by atomic mass is 10.3. The van der Waals surface area contributed by atoms with Crippen LogP contribution in [0.2, 0.25) is 0 Å². The summed E-state index contributed by atoms with van der Waals surface area (Å²) in [6.45, 7) is 1.84. The van der Waals surface area contributed by atoms with Crippen LogP contribution >= 0.6 is 11.8 Å². The molecule has 2 rings (SSSR count). The summed E-state index contributed by atoms with van der Waals surface area (Å²) in [6, 6.07) is 3.48. The van der Waals surface area contributed by atoms with E-state index in [0.717, 1.165) is 23.4 Å². The fraction of sp³-hybridized carbons (Fsp3) is 0.167. The Labute approximate surface area is 108 Å². The van der Waals surface area contributed by atoms with Crippen LogP contribution in [-0.2, 0) is 0 Å². The molecule has 1 heterocycles. The second-order valence-corrected chi connectivity index (χ2v) is 4.61. The van der Waals surface area contributed by atoms with E-state index in [1.165, 1.54) is 18.5 Å². The number of nitrogens with one attached hydrogen (secondary N) is 1. The van der Waals surface area contributed by atoms with Crippen molar-refractivity contribution in [1.82, 2.24) is 9.97 Å². The summed E-state index contributed by atoms with van der Waals surface area (Å²) in [5, 5.41) is 3.57. The number of hydrogen-bond acceptors (Lipinski definition) is 4. The third-order valence-corrected chi connectivity index (χ3v) is 3.53. The summed E-state index contributed by atoms with van der Waals surface area (Å²) in [5.41, 5.74) is 0.828. The van der Waals surface area contributed by atoms with Gasteiger partial charge in [-0.15, -0.1) is 0 Å². The van der Waals surface area contributed by atoms with E-state index in [9.17, 15) is 8.78 Å². The van der Waals surface area contributed by atoms with Gasteiger partial charge in [-0.3, -0.25) is 0 Å². The number of halogens is 2. The molecule has 94 valence electrons.